The van der Waals surface area contributed by atoms with Gasteiger partial charge in [-0.05, 0) is 37.3 Å². The lowest BCUT2D eigenvalue weighted by Gasteiger charge is -2.27. The molecule has 3 rings (SSSR count). The van der Waals surface area contributed by atoms with Gasteiger partial charge in [-0.1, -0.05) is 36.0 Å². The smallest absolute Gasteiger partial charge is 0.233 e. The molecule has 0 radical (unpaired) electrons. The zero-order valence-corrected chi connectivity index (χ0v) is 12.7. The first kappa shape index (κ1) is 14.1. The Balaban J connectivity index is 1.65. The number of thioether (sulfide) groups is 1. The fraction of sp³-hybridized carbons (Fsp3) is 0.400. The molecule has 6 heteroatoms. The van der Waals surface area contributed by atoms with Crippen LogP contribution in [0, 0.1) is 0 Å². The molecule has 0 spiro atoms. The first-order valence-electron chi connectivity index (χ1n) is 7.14. The summed E-state index contributed by atoms with van der Waals surface area (Å²) < 4.78 is 0. The van der Waals surface area contributed by atoms with Gasteiger partial charge in [0.1, 0.15) is 6.33 Å². The number of carbonyl (C=O) groups excluding carboxylic acids is 1. The summed E-state index contributed by atoms with van der Waals surface area (Å²) in [6, 6.07) is 8.50. The highest BCUT2D eigenvalue weighted by atomic mass is 32.2. The van der Waals surface area contributed by atoms with Crippen LogP contribution in [0.3, 0.4) is 0 Å². The molecule has 110 valence electrons. The van der Waals surface area contributed by atoms with Crippen LogP contribution in [0.15, 0.2) is 35.7 Å². The maximum Gasteiger partial charge on any atom is 0.233 e. The van der Waals surface area contributed by atoms with E-state index in [1.54, 1.807) is 0 Å². The Bertz CT molecular complexity index is 614. The number of benzene rings is 1. The molecule has 2 atom stereocenters. The van der Waals surface area contributed by atoms with Gasteiger partial charge in [0.2, 0.25) is 5.91 Å². The average Bonchev–Trinajstić information content (AvgIpc) is 3.00. The van der Waals surface area contributed by atoms with Crippen LogP contribution in [0.2, 0.25) is 0 Å². The fourth-order valence-electron chi connectivity index (χ4n) is 2.66. The van der Waals surface area contributed by atoms with E-state index in [9.17, 15) is 4.79 Å². The van der Waals surface area contributed by atoms with Gasteiger partial charge in [-0.3, -0.25) is 9.89 Å². The molecule has 1 aromatic heterocycles. The minimum absolute atomic E-state index is 0.0399. The molecule has 1 amide bonds. The Kier molecular flexibility index (Phi) is 4.24. The van der Waals surface area contributed by atoms with Gasteiger partial charge in [0, 0.05) is 0 Å². The van der Waals surface area contributed by atoms with Gasteiger partial charge < -0.3 is 5.32 Å². The highest BCUT2D eigenvalue weighted by Gasteiger charge is 2.24. The number of aryl methyl sites for hydroxylation is 1. The van der Waals surface area contributed by atoms with Crippen molar-refractivity contribution in [2.24, 2.45) is 0 Å². The number of H-pyrrole nitrogens is 1. The van der Waals surface area contributed by atoms with E-state index in [4.69, 9.17) is 0 Å². The number of aromatic nitrogens is 3. The summed E-state index contributed by atoms with van der Waals surface area (Å²) in [4.78, 5) is 16.4. The van der Waals surface area contributed by atoms with E-state index in [-0.39, 0.29) is 17.2 Å². The Labute approximate surface area is 127 Å². The van der Waals surface area contributed by atoms with Gasteiger partial charge in [-0.2, -0.15) is 5.10 Å². The molecule has 5 nitrogen and oxygen atoms in total. The van der Waals surface area contributed by atoms with Crippen LogP contribution >= 0.6 is 11.8 Å². The van der Waals surface area contributed by atoms with Crippen LogP contribution in [-0.4, -0.2) is 26.3 Å². The van der Waals surface area contributed by atoms with Crippen molar-refractivity contribution in [3.8, 4) is 0 Å². The number of fused-ring (bicyclic) bond motifs is 1. The predicted octanol–water partition coefficient (Wildman–Crippen LogP) is 2.48. The first-order valence-corrected chi connectivity index (χ1v) is 8.02. The maximum atomic E-state index is 12.4. The molecule has 0 unspecified atom stereocenters. The van der Waals surface area contributed by atoms with E-state index < -0.39 is 0 Å². The van der Waals surface area contributed by atoms with Gasteiger partial charge in [0.15, 0.2) is 5.16 Å². The molecule has 2 N–H and O–H groups in total. The van der Waals surface area contributed by atoms with Crippen molar-refractivity contribution in [3.05, 3.63) is 41.7 Å². The summed E-state index contributed by atoms with van der Waals surface area (Å²) in [5, 5.41) is 10.2. The van der Waals surface area contributed by atoms with E-state index in [1.807, 2.05) is 13.0 Å². The van der Waals surface area contributed by atoms with Gasteiger partial charge >= 0.3 is 0 Å². The van der Waals surface area contributed by atoms with Crippen molar-refractivity contribution in [2.75, 3.05) is 0 Å². The lowest BCUT2D eigenvalue weighted by atomic mass is 9.88. The molecule has 0 bridgehead atoms. The van der Waals surface area contributed by atoms with Crippen LogP contribution in [-0.2, 0) is 11.2 Å². The number of aromatic amines is 1. The Hall–Kier alpha value is -1.82. The summed E-state index contributed by atoms with van der Waals surface area (Å²) in [6.07, 6.45) is 4.67. The number of hydrogen-bond acceptors (Lipinski definition) is 4. The summed E-state index contributed by atoms with van der Waals surface area (Å²) in [6.45, 7) is 1.89. The van der Waals surface area contributed by atoms with Crippen molar-refractivity contribution in [3.63, 3.8) is 0 Å². The minimum Gasteiger partial charge on any atom is -0.348 e. The van der Waals surface area contributed by atoms with E-state index in [0.717, 1.165) is 19.3 Å². The van der Waals surface area contributed by atoms with Crippen molar-refractivity contribution in [1.29, 1.82) is 0 Å². The normalized spacial score (nSPS) is 18.8. The maximum absolute atomic E-state index is 12.4. The topological polar surface area (TPSA) is 70.7 Å². The quantitative estimate of drug-likeness (QED) is 0.851. The SMILES string of the molecule is C[C@H](Sc1ncn[nH]1)C(=O)N[C@H]1CCCc2ccccc21. The van der Waals surface area contributed by atoms with Crippen LogP contribution < -0.4 is 5.32 Å². The molecule has 0 saturated heterocycles. The molecular weight excluding hydrogens is 284 g/mol. The summed E-state index contributed by atoms with van der Waals surface area (Å²) in [5.74, 6) is 0.0399. The fourth-order valence-corrected chi connectivity index (χ4v) is 3.39. The van der Waals surface area contributed by atoms with E-state index in [2.05, 4.69) is 38.7 Å². The molecule has 1 aliphatic carbocycles. The van der Waals surface area contributed by atoms with E-state index >= 15 is 0 Å². The third-order valence-corrected chi connectivity index (χ3v) is 4.72. The molecule has 2 aromatic rings. The molecule has 21 heavy (non-hydrogen) atoms. The summed E-state index contributed by atoms with van der Waals surface area (Å²) in [7, 11) is 0. The molecule has 1 heterocycles. The molecule has 1 aromatic carbocycles. The largest absolute Gasteiger partial charge is 0.348 e. The molecule has 0 fully saturated rings. The van der Waals surface area contributed by atoms with Crippen molar-refractivity contribution < 1.29 is 4.79 Å². The Morgan fingerprint density at radius 2 is 2.33 bits per heavy atom. The first-order chi connectivity index (χ1) is 10.2. The van der Waals surface area contributed by atoms with Gasteiger partial charge in [-0.15, -0.1) is 0 Å². The molecule has 0 aliphatic heterocycles. The van der Waals surface area contributed by atoms with Crippen LogP contribution in [0.5, 0.6) is 0 Å². The molecular formula is C15H18N4OS. The predicted molar refractivity (Wildman–Crippen MR) is 82.0 cm³/mol. The number of rotatable bonds is 4. The number of nitrogens with zero attached hydrogens (tertiary/aromatic N) is 2. The summed E-state index contributed by atoms with van der Waals surface area (Å²) >= 11 is 1.39. The average molecular weight is 302 g/mol. The van der Waals surface area contributed by atoms with Crippen LogP contribution in [0.4, 0.5) is 0 Å². The van der Waals surface area contributed by atoms with Crippen molar-refractivity contribution in [2.45, 2.75) is 42.6 Å². The zero-order valence-electron chi connectivity index (χ0n) is 11.9. The number of nitrogens with one attached hydrogen (secondary N) is 2. The van der Waals surface area contributed by atoms with E-state index in [0.29, 0.717) is 5.16 Å². The number of carbonyl (C=O) groups is 1. The van der Waals surface area contributed by atoms with E-state index in [1.165, 1.54) is 29.2 Å². The van der Waals surface area contributed by atoms with Crippen LogP contribution in [0.25, 0.3) is 0 Å². The van der Waals surface area contributed by atoms with Gasteiger partial charge in [-0.25, -0.2) is 4.98 Å². The summed E-state index contributed by atoms with van der Waals surface area (Å²) in [5.41, 5.74) is 2.61. The van der Waals surface area contributed by atoms with Gasteiger partial charge in [0.25, 0.3) is 0 Å². The molecule has 0 saturated carbocycles. The third-order valence-electron chi connectivity index (χ3n) is 3.74. The highest BCUT2D eigenvalue weighted by Crippen LogP contribution is 2.30. The van der Waals surface area contributed by atoms with Gasteiger partial charge in [0.05, 0.1) is 11.3 Å². The van der Waals surface area contributed by atoms with Crippen LogP contribution in [0.1, 0.15) is 36.9 Å². The number of amides is 1. The highest BCUT2D eigenvalue weighted by molar-refractivity contribution is 8.00. The Morgan fingerprint density at radius 3 is 3.14 bits per heavy atom. The lowest BCUT2D eigenvalue weighted by Crippen LogP contribution is -2.35. The second-order valence-corrected chi connectivity index (χ2v) is 6.53. The third kappa shape index (κ3) is 3.26. The van der Waals surface area contributed by atoms with Crippen molar-refractivity contribution in [1.82, 2.24) is 20.5 Å². The number of hydrogen-bond donors (Lipinski definition) is 2. The Morgan fingerprint density at radius 1 is 1.48 bits per heavy atom. The standard InChI is InChI=1S/C15H18N4OS/c1-10(21-15-16-9-17-19-15)14(20)18-13-8-4-6-11-5-2-3-7-12(11)13/h2-3,5,7,9-10,13H,4,6,8H2,1H3,(H,18,20)(H,16,17,19)/t10-,13-/m0/s1. The second kappa shape index (κ2) is 6.30. The molecule has 1 aliphatic rings. The zero-order chi connectivity index (χ0) is 14.7. The van der Waals surface area contributed by atoms with Crippen molar-refractivity contribution >= 4 is 17.7 Å². The minimum atomic E-state index is -0.202. The second-order valence-electron chi connectivity index (χ2n) is 5.20. The monoisotopic (exact) mass is 302 g/mol. The lowest BCUT2D eigenvalue weighted by molar-refractivity contribution is -0.121.